The summed E-state index contributed by atoms with van der Waals surface area (Å²) >= 11 is 1.68. The molecule has 0 bridgehead atoms. The van der Waals surface area contributed by atoms with Crippen molar-refractivity contribution < 1.29 is 4.79 Å². The molecule has 1 aromatic rings. The van der Waals surface area contributed by atoms with E-state index in [0.29, 0.717) is 12.5 Å². The topological polar surface area (TPSA) is 41.1 Å². The highest BCUT2D eigenvalue weighted by Crippen LogP contribution is 2.14. The molecule has 0 fully saturated rings. The maximum Gasteiger partial charge on any atom is 0.233 e. The van der Waals surface area contributed by atoms with Crippen LogP contribution in [0.2, 0.25) is 0 Å². The van der Waals surface area contributed by atoms with Crippen molar-refractivity contribution >= 4 is 17.2 Å². The number of amides is 1. The van der Waals surface area contributed by atoms with Gasteiger partial charge in [0, 0.05) is 12.6 Å². The van der Waals surface area contributed by atoms with Gasteiger partial charge in [0.1, 0.15) is 0 Å². The van der Waals surface area contributed by atoms with Gasteiger partial charge in [0.2, 0.25) is 5.91 Å². The van der Waals surface area contributed by atoms with E-state index in [2.05, 4.69) is 42.9 Å². The SMILES string of the molecule is CC(C)CNC(=O)CNC(C)c1ccsc1. The molecule has 0 aliphatic heterocycles. The molecule has 1 heterocycles. The molecular formula is C12H20N2OS. The Labute approximate surface area is 101 Å². The number of hydrogen-bond donors (Lipinski definition) is 2. The molecule has 1 rings (SSSR count). The number of thiophene rings is 1. The van der Waals surface area contributed by atoms with Gasteiger partial charge in [0.05, 0.1) is 6.54 Å². The molecule has 0 saturated carbocycles. The average Bonchev–Trinajstić information content (AvgIpc) is 2.76. The first-order chi connectivity index (χ1) is 7.59. The zero-order chi connectivity index (χ0) is 12.0. The van der Waals surface area contributed by atoms with Crippen molar-refractivity contribution in [1.29, 1.82) is 0 Å². The molecular weight excluding hydrogens is 220 g/mol. The van der Waals surface area contributed by atoms with Crippen LogP contribution in [0.25, 0.3) is 0 Å². The van der Waals surface area contributed by atoms with E-state index in [-0.39, 0.29) is 11.9 Å². The van der Waals surface area contributed by atoms with E-state index in [4.69, 9.17) is 0 Å². The first-order valence-electron chi connectivity index (χ1n) is 5.61. The van der Waals surface area contributed by atoms with E-state index in [1.807, 2.05) is 5.38 Å². The lowest BCUT2D eigenvalue weighted by Gasteiger charge is -2.13. The molecule has 1 unspecified atom stereocenters. The van der Waals surface area contributed by atoms with Crippen LogP contribution in [0.3, 0.4) is 0 Å². The molecule has 0 aliphatic rings. The van der Waals surface area contributed by atoms with Gasteiger partial charge in [-0.15, -0.1) is 0 Å². The molecule has 2 N–H and O–H groups in total. The van der Waals surface area contributed by atoms with Gasteiger partial charge in [-0.3, -0.25) is 4.79 Å². The van der Waals surface area contributed by atoms with Crippen LogP contribution in [0.15, 0.2) is 16.8 Å². The molecule has 3 nitrogen and oxygen atoms in total. The largest absolute Gasteiger partial charge is 0.355 e. The molecule has 1 aromatic heterocycles. The van der Waals surface area contributed by atoms with Crippen molar-refractivity contribution in [3.8, 4) is 0 Å². The zero-order valence-electron chi connectivity index (χ0n) is 10.1. The maximum absolute atomic E-state index is 11.5. The normalized spacial score (nSPS) is 12.8. The van der Waals surface area contributed by atoms with Gasteiger partial charge in [0.15, 0.2) is 0 Å². The standard InChI is InChI=1S/C12H20N2OS/c1-9(2)6-14-12(15)7-13-10(3)11-4-5-16-8-11/h4-5,8-10,13H,6-7H2,1-3H3,(H,14,15). The van der Waals surface area contributed by atoms with Crippen molar-refractivity contribution in [2.45, 2.75) is 26.8 Å². The van der Waals surface area contributed by atoms with E-state index in [1.54, 1.807) is 11.3 Å². The minimum atomic E-state index is 0.0655. The summed E-state index contributed by atoms with van der Waals surface area (Å²) in [6, 6.07) is 2.31. The Kier molecular flexibility index (Phi) is 5.49. The van der Waals surface area contributed by atoms with Gasteiger partial charge in [0.25, 0.3) is 0 Å². The first-order valence-corrected chi connectivity index (χ1v) is 6.56. The van der Waals surface area contributed by atoms with Gasteiger partial charge in [-0.1, -0.05) is 13.8 Å². The summed E-state index contributed by atoms with van der Waals surface area (Å²) in [5.41, 5.74) is 1.24. The Hall–Kier alpha value is -0.870. The summed E-state index contributed by atoms with van der Waals surface area (Å²) in [4.78, 5) is 11.5. The highest BCUT2D eigenvalue weighted by Gasteiger charge is 2.07. The third-order valence-corrected chi connectivity index (χ3v) is 3.02. The molecule has 0 saturated heterocycles. The summed E-state index contributed by atoms with van der Waals surface area (Å²) in [5.74, 6) is 0.564. The van der Waals surface area contributed by atoms with Crippen LogP contribution < -0.4 is 10.6 Å². The summed E-state index contributed by atoms with van der Waals surface area (Å²) in [7, 11) is 0. The third kappa shape index (κ3) is 4.77. The van der Waals surface area contributed by atoms with Gasteiger partial charge in [-0.05, 0) is 35.2 Å². The molecule has 0 spiro atoms. The summed E-state index contributed by atoms with van der Waals surface area (Å²) in [6.07, 6.45) is 0. The fraction of sp³-hybridized carbons (Fsp3) is 0.583. The average molecular weight is 240 g/mol. The van der Waals surface area contributed by atoms with Crippen molar-refractivity contribution in [1.82, 2.24) is 10.6 Å². The second-order valence-corrected chi connectivity index (χ2v) is 5.14. The Balaban J connectivity index is 2.21. The third-order valence-electron chi connectivity index (χ3n) is 2.32. The fourth-order valence-electron chi connectivity index (χ4n) is 1.27. The van der Waals surface area contributed by atoms with Gasteiger partial charge < -0.3 is 10.6 Å². The van der Waals surface area contributed by atoms with Gasteiger partial charge in [-0.2, -0.15) is 11.3 Å². The monoisotopic (exact) mass is 240 g/mol. The minimum absolute atomic E-state index is 0.0655. The molecule has 90 valence electrons. The predicted molar refractivity (Wildman–Crippen MR) is 68.6 cm³/mol. The molecule has 16 heavy (non-hydrogen) atoms. The molecule has 0 aliphatic carbocycles. The predicted octanol–water partition coefficient (Wildman–Crippen LogP) is 2.17. The number of carbonyl (C=O) groups is 1. The van der Waals surface area contributed by atoms with Crippen LogP contribution in [0, 0.1) is 5.92 Å². The summed E-state index contributed by atoms with van der Waals surface area (Å²) in [5, 5.41) is 10.2. The Morgan fingerprint density at radius 3 is 2.75 bits per heavy atom. The van der Waals surface area contributed by atoms with Gasteiger partial charge in [-0.25, -0.2) is 0 Å². The summed E-state index contributed by atoms with van der Waals surface area (Å²) < 4.78 is 0. The second-order valence-electron chi connectivity index (χ2n) is 4.36. The van der Waals surface area contributed by atoms with Crippen LogP contribution >= 0.6 is 11.3 Å². The van der Waals surface area contributed by atoms with E-state index in [1.165, 1.54) is 5.56 Å². The molecule has 4 heteroatoms. The number of carbonyl (C=O) groups excluding carboxylic acids is 1. The van der Waals surface area contributed by atoms with Crippen molar-refractivity contribution in [3.05, 3.63) is 22.4 Å². The highest BCUT2D eigenvalue weighted by molar-refractivity contribution is 7.07. The molecule has 1 atom stereocenters. The van der Waals surface area contributed by atoms with E-state index in [0.717, 1.165) is 6.54 Å². The van der Waals surface area contributed by atoms with Crippen molar-refractivity contribution in [2.75, 3.05) is 13.1 Å². The van der Waals surface area contributed by atoms with Crippen LogP contribution in [0.1, 0.15) is 32.4 Å². The van der Waals surface area contributed by atoms with E-state index >= 15 is 0 Å². The smallest absolute Gasteiger partial charge is 0.233 e. The van der Waals surface area contributed by atoms with E-state index < -0.39 is 0 Å². The second kappa shape index (κ2) is 6.66. The number of nitrogens with one attached hydrogen (secondary N) is 2. The highest BCUT2D eigenvalue weighted by atomic mass is 32.1. The van der Waals surface area contributed by atoms with Crippen LogP contribution in [-0.2, 0) is 4.79 Å². The molecule has 0 aromatic carbocycles. The van der Waals surface area contributed by atoms with Crippen LogP contribution in [-0.4, -0.2) is 19.0 Å². The first kappa shape index (κ1) is 13.2. The number of hydrogen-bond acceptors (Lipinski definition) is 3. The van der Waals surface area contributed by atoms with Crippen LogP contribution in [0.5, 0.6) is 0 Å². The van der Waals surface area contributed by atoms with Crippen LogP contribution in [0.4, 0.5) is 0 Å². The van der Waals surface area contributed by atoms with E-state index in [9.17, 15) is 4.79 Å². The zero-order valence-corrected chi connectivity index (χ0v) is 10.9. The molecule has 0 radical (unpaired) electrons. The lowest BCUT2D eigenvalue weighted by molar-refractivity contribution is -0.120. The minimum Gasteiger partial charge on any atom is -0.355 e. The Bertz CT molecular complexity index is 309. The quantitative estimate of drug-likeness (QED) is 0.800. The fourth-order valence-corrected chi connectivity index (χ4v) is 2.02. The summed E-state index contributed by atoms with van der Waals surface area (Å²) in [6.45, 7) is 7.36. The Morgan fingerprint density at radius 1 is 1.44 bits per heavy atom. The maximum atomic E-state index is 11.5. The van der Waals surface area contributed by atoms with Crippen molar-refractivity contribution in [3.63, 3.8) is 0 Å². The van der Waals surface area contributed by atoms with Gasteiger partial charge >= 0.3 is 0 Å². The Morgan fingerprint density at radius 2 is 2.19 bits per heavy atom. The van der Waals surface area contributed by atoms with Crippen molar-refractivity contribution in [2.24, 2.45) is 5.92 Å². The lowest BCUT2D eigenvalue weighted by Crippen LogP contribution is -2.36. The number of rotatable bonds is 6. The lowest BCUT2D eigenvalue weighted by atomic mass is 10.2. The molecule has 1 amide bonds.